The van der Waals surface area contributed by atoms with Crippen LogP contribution < -0.4 is 4.74 Å². The largest absolute Gasteiger partial charge is 0.483 e. The van der Waals surface area contributed by atoms with Crippen LogP contribution in [-0.4, -0.2) is 6.61 Å². The molecule has 2 rings (SSSR count). The van der Waals surface area contributed by atoms with Crippen molar-refractivity contribution in [2.24, 2.45) is 0 Å². The molecule has 74 valence electrons. The molecule has 1 heterocycles. The highest BCUT2D eigenvalue weighted by Gasteiger charge is 2.10. The van der Waals surface area contributed by atoms with Gasteiger partial charge in [0.2, 0.25) is 0 Å². The van der Waals surface area contributed by atoms with Crippen molar-refractivity contribution in [2.75, 3.05) is 6.61 Å². The van der Waals surface area contributed by atoms with E-state index in [4.69, 9.17) is 16.3 Å². The van der Waals surface area contributed by atoms with Crippen LogP contribution in [0.1, 0.15) is 6.92 Å². The minimum Gasteiger partial charge on any atom is -0.483 e. The maximum absolute atomic E-state index is 5.91. The fourth-order valence-electron chi connectivity index (χ4n) is 1.24. The summed E-state index contributed by atoms with van der Waals surface area (Å²) in [5.74, 6) is 0. The second-order valence-corrected chi connectivity index (χ2v) is 5.02. The molecule has 0 bridgehead atoms. The molecule has 0 unspecified atom stereocenters. The topological polar surface area (TPSA) is 9.23 Å². The molecule has 0 aliphatic carbocycles. The summed E-state index contributed by atoms with van der Waals surface area (Å²) in [6, 6.07) is 5.84. The summed E-state index contributed by atoms with van der Waals surface area (Å²) in [4.78, 5) is 0. The summed E-state index contributed by atoms with van der Waals surface area (Å²) in [6.45, 7) is 2.66. The van der Waals surface area contributed by atoms with Crippen molar-refractivity contribution in [1.29, 1.82) is 0 Å². The minimum atomic E-state index is 0.680. The predicted octanol–water partition coefficient (Wildman–Crippen LogP) is 4.72. The summed E-state index contributed by atoms with van der Waals surface area (Å²) in [6.07, 6.45) is 0. The Labute approximate surface area is 99.8 Å². The molecule has 0 N–H and O–H groups in total. The van der Waals surface area contributed by atoms with Gasteiger partial charge in [0, 0.05) is 15.1 Å². The Hall–Kier alpha value is -0.250. The van der Waals surface area contributed by atoms with Crippen molar-refractivity contribution in [3.63, 3.8) is 0 Å². The van der Waals surface area contributed by atoms with Crippen LogP contribution in [0.5, 0.6) is 5.06 Å². The van der Waals surface area contributed by atoms with Crippen molar-refractivity contribution >= 4 is 49.0 Å². The van der Waals surface area contributed by atoms with E-state index in [1.807, 2.05) is 25.1 Å². The predicted molar refractivity (Wildman–Crippen MR) is 65.7 cm³/mol. The van der Waals surface area contributed by atoms with Crippen LogP contribution in [0.3, 0.4) is 0 Å². The monoisotopic (exact) mass is 290 g/mol. The first-order valence-electron chi connectivity index (χ1n) is 4.22. The average molecular weight is 292 g/mol. The molecule has 0 atom stereocenters. The quantitative estimate of drug-likeness (QED) is 0.778. The Bertz CT molecular complexity index is 466. The second-order valence-electron chi connectivity index (χ2n) is 2.78. The van der Waals surface area contributed by atoms with Gasteiger partial charge in [-0.3, -0.25) is 0 Å². The van der Waals surface area contributed by atoms with Gasteiger partial charge in [0.25, 0.3) is 0 Å². The van der Waals surface area contributed by atoms with Gasteiger partial charge < -0.3 is 4.74 Å². The molecule has 14 heavy (non-hydrogen) atoms. The molecule has 2 aromatic rings. The Kier molecular flexibility index (Phi) is 3.00. The number of thiophene rings is 1. The van der Waals surface area contributed by atoms with E-state index in [1.54, 1.807) is 11.3 Å². The van der Waals surface area contributed by atoms with Gasteiger partial charge in [-0.15, -0.1) is 0 Å². The highest BCUT2D eigenvalue weighted by atomic mass is 79.9. The number of rotatable bonds is 2. The molecule has 0 saturated heterocycles. The molecule has 1 nitrogen and oxygen atoms in total. The highest BCUT2D eigenvalue weighted by Crippen LogP contribution is 2.42. The van der Waals surface area contributed by atoms with E-state index in [9.17, 15) is 0 Å². The van der Waals surface area contributed by atoms with Crippen LogP contribution in [-0.2, 0) is 0 Å². The minimum absolute atomic E-state index is 0.680. The first kappa shape index (κ1) is 10.3. The highest BCUT2D eigenvalue weighted by molar-refractivity contribution is 9.10. The van der Waals surface area contributed by atoms with E-state index in [-0.39, 0.29) is 0 Å². The number of fused-ring (bicyclic) bond motifs is 1. The molecule has 0 aliphatic heterocycles. The number of benzene rings is 1. The van der Waals surface area contributed by atoms with Crippen molar-refractivity contribution in [2.45, 2.75) is 6.92 Å². The van der Waals surface area contributed by atoms with Crippen LogP contribution in [0.25, 0.3) is 10.1 Å². The fraction of sp³-hybridized carbons (Fsp3) is 0.200. The third-order valence-electron chi connectivity index (χ3n) is 1.84. The van der Waals surface area contributed by atoms with Crippen molar-refractivity contribution in [1.82, 2.24) is 0 Å². The number of hydrogen-bond acceptors (Lipinski definition) is 2. The van der Waals surface area contributed by atoms with Gasteiger partial charge in [0.1, 0.15) is 0 Å². The number of hydrogen-bond donors (Lipinski definition) is 0. The van der Waals surface area contributed by atoms with E-state index in [2.05, 4.69) is 15.9 Å². The van der Waals surface area contributed by atoms with E-state index < -0.39 is 0 Å². The lowest BCUT2D eigenvalue weighted by Gasteiger charge is -1.97. The lowest BCUT2D eigenvalue weighted by molar-refractivity contribution is 0.349. The summed E-state index contributed by atoms with van der Waals surface area (Å²) < 4.78 is 7.66. The Balaban J connectivity index is 2.61. The Morgan fingerprint density at radius 3 is 3.00 bits per heavy atom. The lowest BCUT2D eigenvalue weighted by Crippen LogP contribution is -1.87. The zero-order chi connectivity index (χ0) is 10.1. The SMILES string of the molecule is CCOc1sc2cc(Cl)ccc2c1Br. The van der Waals surface area contributed by atoms with Gasteiger partial charge in [-0.25, -0.2) is 0 Å². The van der Waals surface area contributed by atoms with Crippen LogP contribution in [0, 0.1) is 0 Å². The van der Waals surface area contributed by atoms with Gasteiger partial charge in [-0.05, 0) is 35.0 Å². The molecule has 1 aromatic carbocycles. The lowest BCUT2D eigenvalue weighted by atomic mass is 10.3. The third-order valence-corrected chi connectivity index (χ3v) is 4.19. The molecule has 0 fully saturated rings. The van der Waals surface area contributed by atoms with Crippen molar-refractivity contribution in [3.8, 4) is 5.06 Å². The average Bonchev–Trinajstić information content (AvgIpc) is 2.44. The molecule has 0 aliphatic rings. The van der Waals surface area contributed by atoms with Gasteiger partial charge in [-0.2, -0.15) is 0 Å². The molecule has 1 aromatic heterocycles. The van der Waals surface area contributed by atoms with Gasteiger partial charge >= 0.3 is 0 Å². The molecule has 0 saturated carbocycles. The standard InChI is InChI=1S/C10H8BrClOS/c1-2-13-10-9(11)7-4-3-6(12)5-8(7)14-10/h3-5H,2H2,1H3. The number of halogens is 2. The van der Waals surface area contributed by atoms with Gasteiger partial charge in [0.15, 0.2) is 5.06 Å². The van der Waals surface area contributed by atoms with Gasteiger partial charge in [0.05, 0.1) is 11.1 Å². The molecular formula is C10H8BrClOS. The molecular weight excluding hydrogens is 284 g/mol. The fourth-order valence-corrected chi connectivity index (χ4v) is 3.35. The second kappa shape index (κ2) is 4.09. The van der Waals surface area contributed by atoms with Crippen LogP contribution in [0.2, 0.25) is 5.02 Å². The first-order chi connectivity index (χ1) is 6.72. The molecule has 0 amide bonds. The van der Waals surface area contributed by atoms with Crippen molar-refractivity contribution < 1.29 is 4.74 Å². The van der Waals surface area contributed by atoms with Crippen LogP contribution in [0.4, 0.5) is 0 Å². The smallest absolute Gasteiger partial charge is 0.189 e. The first-order valence-corrected chi connectivity index (χ1v) is 6.21. The zero-order valence-electron chi connectivity index (χ0n) is 7.51. The van der Waals surface area contributed by atoms with Crippen LogP contribution in [0.15, 0.2) is 22.7 Å². The summed E-state index contributed by atoms with van der Waals surface area (Å²) in [7, 11) is 0. The van der Waals surface area contributed by atoms with E-state index in [1.165, 1.54) is 0 Å². The summed E-state index contributed by atoms with van der Waals surface area (Å²) in [5, 5.41) is 2.84. The van der Waals surface area contributed by atoms with Crippen LogP contribution >= 0.6 is 38.9 Å². The molecule has 0 spiro atoms. The van der Waals surface area contributed by atoms with Crippen molar-refractivity contribution in [3.05, 3.63) is 27.7 Å². The van der Waals surface area contributed by atoms with E-state index in [0.29, 0.717) is 6.61 Å². The maximum Gasteiger partial charge on any atom is 0.189 e. The number of ether oxygens (including phenoxy) is 1. The normalized spacial score (nSPS) is 10.8. The van der Waals surface area contributed by atoms with E-state index >= 15 is 0 Å². The Morgan fingerprint density at radius 1 is 1.50 bits per heavy atom. The summed E-state index contributed by atoms with van der Waals surface area (Å²) in [5.41, 5.74) is 0. The van der Waals surface area contributed by atoms with E-state index in [0.717, 1.165) is 24.6 Å². The zero-order valence-corrected chi connectivity index (χ0v) is 10.7. The maximum atomic E-state index is 5.91. The summed E-state index contributed by atoms with van der Waals surface area (Å²) >= 11 is 11.0. The van der Waals surface area contributed by atoms with Gasteiger partial charge in [-0.1, -0.05) is 29.0 Å². The molecule has 4 heteroatoms. The third kappa shape index (κ3) is 1.76. The Morgan fingerprint density at radius 2 is 2.29 bits per heavy atom. The molecule has 0 radical (unpaired) electrons.